The minimum Gasteiger partial charge on any atom is -0.444 e. The van der Waals surface area contributed by atoms with Crippen molar-refractivity contribution in [1.29, 1.82) is 0 Å². The Bertz CT molecular complexity index is 1160. The highest BCUT2D eigenvalue weighted by Crippen LogP contribution is 2.25. The molecule has 6 nitrogen and oxygen atoms in total. The molecule has 0 atom stereocenters. The maximum Gasteiger partial charge on any atom is 0.410 e. The number of Topliss-reactive ketones (excluding diaryl/α,β-unsaturated/α-hetero) is 2. The van der Waals surface area contributed by atoms with Gasteiger partial charge in [-0.05, 0) is 46.8 Å². The van der Waals surface area contributed by atoms with Crippen LogP contribution in [-0.4, -0.2) is 54.3 Å². The SMILES string of the molecule is CC(=O)c1cc(F)c(F)cc1F.CC(=O)c1cc(F)c(N2CCN(C(=O)OC(C)(C)C)CC2)cc1F. The van der Waals surface area contributed by atoms with Crippen LogP contribution >= 0.6 is 0 Å². The van der Waals surface area contributed by atoms with Crippen LogP contribution in [0.1, 0.15) is 55.3 Å². The zero-order valence-electron chi connectivity index (χ0n) is 20.6. The van der Waals surface area contributed by atoms with Gasteiger partial charge < -0.3 is 14.5 Å². The van der Waals surface area contributed by atoms with Crippen molar-refractivity contribution in [3.8, 4) is 0 Å². The Hall–Kier alpha value is -3.50. The fourth-order valence-corrected chi connectivity index (χ4v) is 3.30. The lowest BCUT2D eigenvalue weighted by Crippen LogP contribution is -2.50. The van der Waals surface area contributed by atoms with Gasteiger partial charge in [-0.1, -0.05) is 0 Å². The third-order valence-corrected chi connectivity index (χ3v) is 5.08. The van der Waals surface area contributed by atoms with Gasteiger partial charge in [-0.2, -0.15) is 0 Å². The maximum absolute atomic E-state index is 14.2. The summed E-state index contributed by atoms with van der Waals surface area (Å²) in [5.41, 5.74) is -1.18. The van der Waals surface area contributed by atoms with Crippen LogP contribution in [0.2, 0.25) is 0 Å². The molecular formula is C25H27F5N2O4. The molecule has 0 N–H and O–H groups in total. The molecule has 1 saturated heterocycles. The van der Waals surface area contributed by atoms with Crippen LogP contribution in [0.5, 0.6) is 0 Å². The van der Waals surface area contributed by atoms with Gasteiger partial charge in [0, 0.05) is 38.3 Å². The molecule has 11 heteroatoms. The number of nitrogens with zero attached hydrogens (tertiary/aromatic N) is 2. The van der Waals surface area contributed by atoms with Crippen molar-refractivity contribution in [2.45, 2.75) is 40.2 Å². The van der Waals surface area contributed by atoms with Crippen LogP contribution in [0.25, 0.3) is 0 Å². The lowest BCUT2D eigenvalue weighted by Gasteiger charge is -2.36. The summed E-state index contributed by atoms with van der Waals surface area (Å²) >= 11 is 0. The smallest absolute Gasteiger partial charge is 0.410 e. The lowest BCUT2D eigenvalue weighted by molar-refractivity contribution is 0.0240. The molecule has 0 saturated carbocycles. The third-order valence-electron chi connectivity index (χ3n) is 5.08. The van der Waals surface area contributed by atoms with Crippen LogP contribution in [0.4, 0.5) is 32.4 Å². The first-order chi connectivity index (χ1) is 16.6. The van der Waals surface area contributed by atoms with Crippen LogP contribution in [0.15, 0.2) is 24.3 Å². The van der Waals surface area contributed by atoms with E-state index in [0.717, 1.165) is 19.1 Å². The maximum atomic E-state index is 14.2. The van der Waals surface area contributed by atoms with Crippen LogP contribution < -0.4 is 4.90 Å². The monoisotopic (exact) mass is 514 g/mol. The summed E-state index contributed by atoms with van der Waals surface area (Å²) < 4.78 is 70.8. The van der Waals surface area contributed by atoms with Crippen molar-refractivity contribution in [2.75, 3.05) is 31.1 Å². The van der Waals surface area contributed by atoms with Gasteiger partial charge in [0.1, 0.15) is 23.1 Å². The topological polar surface area (TPSA) is 66.9 Å². The molecule has 1 aliphatic rings. The summed E-state index contributed by atoms with van der Waals surface area (Å²) in [6.07, 6.45) is -0.416. The number of ketones is 2. The molecule has 1 heterocycles. The fraction of sp³-hybridized carbons (Fsp3) is 0.400. The second-order valence-corrected chi connectivity index (χ2v) is 9.10. The van der Waals surface area contributed by atoms with Crippen molar-refractivity contribution in [3.63, 3.8) is 0 Å². The molecule has 3 rings (SSSR count). The average Bonchev–Trinajstić information content (AvgIpc) is 2.76. The third kappa shape index (κ3) is 7.50. The number of rotatable bonds is 3. The highest BCUT2D eigenvalue weighted by molar-refractivity contribution is 5.95. The summed E-state index contributed by atoms with van der Waals surface area (Å²) in [5.74, 6) is -6.10. The Labute approximate surface area is 205 Å². The molecule has 0 aliphatic carbocycles. The first-order valence-corrected chi connectivity index (χ1v) is 11.0. The van der Waals surface area contributed by atoms with Crippen molar-refractivity contribution >= 4 is 23.3 Å². The summed E-state index contributed by atoms with van der Waals surface area (Å²) in [4.78, 5) is 37.1. The average molecular weight is 514 g/mol. The molecule has 0 spiro atoms. The number of anilines is 1. The number of ether oxygens (including phenoxy) is 1. The first-order valence-electron chi connectivity index (χ1n) is 11.0. The molecule has 0 aromatic heterocycles. The Morgan fingerprint density at radius 2 is 1.14 bits per heavy atom. The fourth-order valence-electron chi connectivity index (χ4n) is 3.30. The molecule has 0 unspecified atom stereocenters. The molecule has 2 aromatic rings. The Kier molecular flexibility index (Phi) is 9.17. The summed E-state index contributed by atoms with van der Waals surface area (Å²) in [6, 6.07) is 2.86. The predicted molar refractivity (Wildman–Crippen MR) is 123 cm³/mol. The summed E-state index contributed by atoms with van der Waals surface area (Å²) in [6.45, 7) is 9.05. The van der Waals surface area contributed by atoms with Gasteiger partial charge in [0.15, 0.2) is 23.2 Å². The van der Waals surface area contributed by atoms with Crippen molar-refractivity contribution in [3.05, 3.63) is 64.5 Å². The van der Waals surface area contributed by atoms with Crippen LogP contribution in [0.3, 0.4) is 0 Å². The van der Waals surface area contributed by atoms with E-state index < -0.39 is 57.9 Å². The van der Waals surface area contributed by atoms with Crippen molar-refractivity contribution < 1.29 is 41.1 Å². The van der Waals surface area contributed by atoms with Crippen molar-refractivity contribution in [2.24, 2.45) is 0 Å². The summed E-state index contributed by atoms with van der Waals surface area (Å²) in [7, 11) is 0. The van der Waals surface area contributed by atoms with E-state index in [1.807, 2.05) is 0 Å². The van der Waals surface area contributed by atoms with E-state index in [9.17, 15) is 36.3 Å². The molecule has 1 amide bonds. The van der Waals surface area contributed by atoms with E-state index in [2.05, 4.69) is 0 Å². The highest BCUT2D eigenvalue weighted by atomic mass is 19.2. The van der Waals surface area contributed by atoms with Crippen molar-refractivity contribution in [1.82, 2.24) is 4.90 Å². The van der Waals surface area contributed by atoms with Gasteiger partial charge in [0.05, 0.1) is 16.8 Å². The molecule has 0 radical (unpaired) electrons. The lowest BCUT2D eigenvalue weighted by atomic mass is 10.1. The molecule has 2 aromatic carbocycles. The van der Waals surface area contributed by atoms with Gasteiger partial charge in [-0.15, -0.1) is 0 Å². The second-order valence-electron chi connectivity index (χ2n) is 9.10. The van der Waals surface area contributed by atoms with Gasteiger partial charge >= 0.3 is 6.09 Å². The predicted octanol–water partition coefficient (Wildman–Crippen LogP) is 5.53. The highest BCUT2D eigenvalue weighted by Gasteiger charge is 2.27. The van der Waals surface area contributed by atoms with E-state index in [1.54, 1.807) is 30.6 Å². The molecule has 1 fully saturated rings. The number of hydrogen-bond acceptors (Lipinski definition) is 5. The zero-order chi connectivity index (χ0) is 27.4. The van der Waals surface area contributed by atoms with E-state index >= 15 is 0 Å². The quantitative estimate of drug-likeness (QED) is 0.306. The van der Waals surface area contributed by atoms with Gasteiger partial charge in [-0.25, -0.2) is 26.7 Å². The van der Waals surface area contributed by atoms with Gasteiger partial charge in [0.25, 0.3) is 0 Å². The van der Waals surface area contributed by atoms with Gasteiger partial charge in [-0.3, -0.25) is 9.59 Å². The minimum absolute atomic E-state index is 0.0985. The van der Waals surface area contributed by atoms with E-state index in [-0.39, 0.29) is 11.3 Å². The number of hydrogen-bond donors (Lipinski definition) is 0. The van der Waals surface area contributed by atoms with E-state index in [4.69, 9.17) is 4.74 Å². The van der Waals surface area contributed by atoms with E-state index in [1.165, 1.54) is 6.92 Å². The van der Waals surface area contributed by atoms with Gasteiger partial charge in [0.2, 0.25) is 0 Å². The molecule has 36 heavy (non-hydrogen) atoms. The number of amides is 1. The Morgan fingerprint density at radius 1 is 0.694 bits per heavy atom. The zero-order valence-corrected chi connectivity index (χ0v) is 20.6. The van der Waals surface area contributed by atoms with Crippen LogP contribution in [0, 0.1) is 29.1 Å². The number of carbonyl (C=O) groups excluding carboxylic acids is 3. The van der Waals surface area contributed by atoms with E-state index in [0.29, 0.717) is 38.3 Å². The number of piperazine rings is 1. The number of carbonyl (C=O) groups is 3. The normalized spacial score (nSPS) is 13.6. The second kappa shape index (κ2) is 11.5. The standard InChI is InChI=1S/C17H22F2N2O3.C8H5F3O/c1-11(22)12-9-14(19)15(10-13(12)18)20-5-7-21(8-6-20)16(23)24-17(2,3)4;1-4(12)5-2-7(10)8(11)3-6(5)9/h9-10H,5-8H2,1-4H3;2-3H,1H3. The first kappa shape index (κ1) is 28.7. The number of halogens is 5. The Morgan fingerprint density at radius 3 is 1.61 bits per heavy atom. The van der Waals surface area contributed by atoms with Crippen LogP contribution in [-0.2, 0) is 4.74 Å². The molecular weight excluding hydrogens is 487 g/mol. The minimum atomic E-state index is -1.29. The molecule has 0 bridgehead atoms. The Balaban J connectivity index is 0.000000319. The molecule has 1 aliphatic heterocycles. The largest absolute Gasteiger partial charge is 0.444 e. The number of benzene rings is 2. The molecule has 196 valence electrons. The summed E-state index contributed by atoms with van der Waals surface area (Å²) in [5, 5.41) is 0.